The molecule has 1 unspecified atom stereocenters. The average molecular weight is 381 g/mol. The van der Waals surface area contributed by atoms with Crippen LogP contribution in [0.4, 0.5) is 0 Å². The van der Waals surface area contributed by atoms with Crippen molar-refractivity contribution >= 4 is 5.91 Å². The molecule has 1 N–H and O–H groups in total. The fourth-order valence-electron chi connectivity index (χ4n) is 4.68. The second kappa shape index (κ2) is 7.28. The van der Waals surface area contributed by atoms with E-state index < -0.39 is 0 Å². The Morgan fingerprint density at radius 1 is 1.25 bits per heavy atom. The first-order chi connectivity index (χ1) is 13.7. The number of nitrogens with zero attached hydrogens (tertiary/aromatic N) is 4. The minimum Gasteiger partial charge on any atom is -0.360 e. The Kier molecular flexibility index (Phi) is 4.62. The van der Waals surface area contributed by atoms with Gasteiger partial charge in [0.2, 0.25) is 0 Å². The lowest BCUT2D eigenvalue weighted by molar-refractivity contribution is 0.0699. The van der Waals surface area contributed by atoms with Crippen molar-refractivity contribution in [2.24, 2.45) is 5.92 Å². The number of amides is 1. The molecule has 0 bridgehead atoms. The van der Waals surface area contributed by atoms with Crippen molar-refractivity contribution < 1.29 is 9.32 Å². The van der Waals surface area contributed by atoms with Gasteiger partial charge in [-0.2, -0.15) is 0 Å². The lowest BCUT2D eigenvalue weighted by atomic mass is 9.88. The third-order valence-corrected chi connectivity index (χ3v) is 6.46. The van der Waals surface area contributed by atoms with Crippen molar-refractivity contribution in [1.29, 1.82) is 0 Å². The van der Waals surface area contributed by atoms with Crippen molar-refractivity contribution in [3.63, 3.8) is 0 Å². The first kappa shape index (κ1) is 17.8. The van der Waals surface area contributed by atoms with E-state index in [0.29, 0.717) is 17.5 Å². The van der Waals surface area contributed by atoms with Crippen molar-refractivity contribution in [3.05, 3.63) is 40.3 Å². The number of hydrogen-bond acceptors (Lipinski definition) is 6. The topological polar surface area (TPSA) is 84.2 Å². The normalized spacial score (nSPS) is 22.6. The van der Waals surface area contributed by atoms with Gasteiger partial charge in [-0.3, -0.25) is 4.79 Å². The minimum absolute atomic E-state index is 0.0231. The maximum atomic E-state index is 13.0. The molecule has 1 aliphatic carbocycles. The maximum absolute atomic E-state index is 13.0. The van der Waals surface area contributed by atoms with Gasteiger partial charge in [0.25, 0.3) is 5.91 Å². The highest BCUT2D eigenvalue weighted by molar-refractivity contribution is 5.94. The molecule has 0 aromatic carbocycles. The van der Waals surface area contributed by atoms with Crippen LogP contribution in [-0.2, 0) is 25.8 Å². The van der Waals surface area contributed by atoms with E-state index in [1.807, 2.05) is 11.1 Å². The maximum Gasteiger partial charge on any atom is 0.276 e. The number of carbonyl (C=O) groups excluding carboxylic acids is 1. The number of fused-ring (bicyclic) bond motifs is 2. The fourth-order valence-corrected chi connectivity index (χ4v) is 4.68. The van der Waals surface area contributed by atoms with Gasteiger partial charge in [-0.15, -0.1) is 0 Å². The zero-order chi connectivity index (χ0) is 19.1. The molecule has 1 saturated heterocycles. The molecule has 0 radical (unpaired) electrons. The van der Waals surface area contributed by atoms with E-state index in [1.165, 1.54) is 11.3 Å². The van der Waals surface area contributed by atoms with Crippen LogP contribution >= 0.6 is 0 Å². The quantitative estimate of drug-likeness (QED) is 0.859. The van der Waals surface area contributed by atoms with E-state index in [1.54, 1.807) is 0 Å². The third kappa shape index (κ3) is 3.21. The lowest BCUT2D eigenvalue weighted by Crippen LogP contribution is -2.39. The third-order valence-electron chi connectivity index (χ3n) is 6.46. The largest absolute Gasteiger partial charge is 0.360 e. The van der Waals surface area contributed by atoms with E-state index in [-0.39, 0.29) is 5.91 Å². The van der Waals surface area contributed by atoms with Gasteiger partial charge in [-0.25, -0.2) is 9.97 Å². The van der Waals surface area contributed by atoms with E-state index in [2.05, 4.69) is 22.4 Å². The van der Waals surface area contributed by atoms with Crippen LogP contribution < -0.4 is 5.32 Å². The molecule has 3 aliphatic rings. The van der Waals surface area contributed by atoms with Crippen LogP contribution in [0.15, 0.2) is 10.7 Å². The van der Waals surface area contributed by atoms with Gasteiger partial charge < -0.3 is 14.7 Å². The first-order valence-electron chi connectivity index (χ1n) is 10.5. The van der Waals surface area contributed by atoms with Crippen molar-refractivity contribution in [2.75, 3.05) is 19.6 Å². The fraction of sp³-hybridized carbons (Fsp3) is 0.619. The molecule has 2 aliphatic heterocycles. The number of aryl methyl sites for hydroxylation is 1. The van der Waals surface area contributed by atoms with Crippen LogP contribution in [0.1, 0.15) is 71.0 Å². The van der Waals surface area contributed by atoms with Gasteiger partial charge in [0.15, 0.2) is 5.69 Å². The van der Waals surface area contributed by atoms with Crippen molar-refractivity contribution in [1.82, 2.24) is 25.3 Å². The molecule has 28 heavy (non-hydrogen) atoms. The van der Waals surface area contributed by atoms with E-state index in [9.17, 15) is 4.79 Å². The molecule has 1 atom stereocenters. The Balaban J connectivity index is 1.26. The molecule has 2 aromatic rings. The smallest absolute Gasteiger partial charge is 0.276 e. The Hall–Kier alpha value is -2.28. The summed E-state index contributed by atoms with van der Waals surface area (Å²) >= 11 is 0. The second-order valence-corrected chi connectivity index (χ2v) is 8.47. The number of aromatic nitrogens is 3. The highest BCUT2D eigenvalue weighted by atomic mass is 16.5. The minimum atomic E-state index is 0.0231. The highest BCUT2D eigenvalue weighted by Crippen LogP contribution is 2.31. The summed E-state index contributed by atoms with van der Waals surface area (Å²) in [6, 6.07) is 0. The Bertz CT molecular complexity index is 885. The second-order valence-electron chi connectivity index (χ2n) is 8.47. The first-order valence-corrected chi connectivity index (χ1v) is 10.5. The van der Waals surface area contributed by atoms with Crippen molar-refractivity contribution in [3.8, 4) is 0 Å². The molecule has 7 heteroatoms. The standard InChI is InChI=1S/C21H27N5O2/c1-13-2-3-18-16(10-13)19(25-28-18)21(27)26-8-5-14(6-9-26)20-23-12-15-11-22-7-4-17(15)24-20/h12-14,22H,2-11H2,1H3. The van der Waals surface area contributed by atoms with Crippen LogP contribution in [0, 0.1) is 5.92 Å². The summed E-state index contributed by atoms with van der Waals surface area (Å²) in [6.45, 7) is 5.52. The van der Waals surface area contributed by atoms with Gasteiger partial charge in [-0.1, -0.05) is 12.1 Å². The van der Waals surface area contributed by atoms with Gasteiger partial charge in [0, 0.05) is 68.0 Å². The van der Waals surface area contributed by atoms with Gasteiger partial charge in [-0.05, 0) is 31.6 Å². The SMILES string of the molecule is CC1CCc2onc(C(=O)N3CCC(c4ncc5c(n4)CCNC5)CC3)c2C1. The average Bonchev–Trinajstić information content (AvgIpc) is 3.16. The highest BCUT2D eigenvalue weighted by Gasteiger charge is 2.32. The van der Waals surface area contributed by atoms with E-state index in [4.69, 9.17) is 9.51 Å². The summed E-state index contributed by atoms with van der Waals surface area (Å²) in [5, 5.41) is 7.49. The zero-order valence-corrected chi connectivity index (χ0v) is 16.4. The molecular weight excluding hydrogens is 354 g/mol. The van der Waals surface area contributed by atoms with Crippen molar-refractivity contribution in [2.45, 2.75) is 57.9 Å². The van der Waals surface area contributed by atoms with Gasteiger partial charge in [0.05, 0.1) is 0 Å². The number of likely N-dealkylation sites (tertiary alicyclic amines) is 1. The number of carbonyl (C=O) groups is 1. The zero-order valence-electron chi connectivity index (χ0n) is 16.4. The summed E-state index contributed by atoms with van der Waals surface area (Å²) in [7, 11) is 0. The molecule has 148 valence electrons. The summed E-state index contributed by atoms with van der Waals surface area (Å²) in [5.74, 6) is 2.79. The molecule has 1 amide bonds. The predicted molar refractivity (Wildman–Crippen MR) is 103 cm³/mol. The number of rotatable bonds is 2. The Morgan fingerprint density at radius 2 is 2.11 bits per heavy atom. The summed E-state index contributed by atoms with van der Waals surface area (Å²) in [5.41, 5.74) is 3.98. The molecule has 2 aromatic heterocycles. The molecule has 1 fully saturated rings. The molecule has 5 rings (SSSR count). The van der Waals surface area contributed by atoms with Gasteiger partial charge in [0.1, 0.15) is 11.6 Å². The number of piperidine rings is 1. The number of nitrogens with one attached hydrogen (secondary N) is 1. The monoisotopic (exact) mass is 381 g/mol. The van der Waals surface area contributed by atoms with E-state index in [0.717, 1.165) is 81.9 Å². The predicted octanol–water partition coefficient (Wildman–Crippen LogP) is 2.25. The lowest BCUT2D eigenvalue weighted by Gasteiger charge is -2.31. The van der Waals surface area contributed by atoms with Crippen LogP contribution in [0.3, 0.4) is 0 Å². The van der Waals surface area contributed by atoms with Gasteiger partial charge >= 0.3 is 0 Å². The molecular formula is C21H27N5O2. The Labute approximate surface area is 164 Å². The van der Waals surface area contributed by atoms with Crippen LogP contribution in [-0.4, -0.2) is 45.6 Å². The van der Waals surface area contributed by atoms with Crippen LogP contribution in [0.5, 0.6) is 0 Å². The molecule has 7 nitrogen and oxygen atoms in total. The number of hydrogen-bond donors (Lipinski definition) is 1. The summed E-state index contributed by atoms with van der Waals surface area (Å²) < 4.78 is 5.47. The van der Waals surface area contributed by atoms with E-state index >= 15 is 0 Å². The molecule has 0 spiro atoms. The molecule has 0 saturated carbocycles. The summed E-state index contributed by atoms with van der Waals surface area (Å²) in [6.07, 6.45) is 7.65. The summed E-state index contributed by atoms with van der Waals surface area (Å²) in [4.78, 5) is 24.4. The molecule has 4 heterocycles. The van der Waals surface area contributed by atoms with Crippen LogP contribution in [0.25, 0.3) is 0 Å². The Morgan fingerprint density at radius 3 is 2.96 bits per heavy atom. The van der Waals surface area contributed by atoms with Crippen LogP contribution in [0.2, 0.25) is 0 Å².